The number of nitrogen functional groups attached to an aromatic ring is 1. The van der Waals surface area contributed by atoms with E-state index in [4.69, 9.17) is 17.3 Å². The normalized spacial score (nSPS) is 10.2. The van der Waals surface area contributed by atoms with Crippen LogP contribution >= 0.6 is 22.9 Å². The minimum atomic E-state index is -0.200. The van der Waals surface area contributed by atoms with E-state index in [2.05, 4.69) is 5.32 Å². The lowest BCUT2D eigenvalue weighted by Gasteiger charge is -2.06. The third kappa shape index (κ3) is 2.60. The highest BCUT2D eigenvalue weighted by Crippen LogP contribution is 2.24. The van der Waals surface area contributed by atoms with Crippen LogP contribution in [0.15, 0.2) is 29.6 Å². The third-order valence-corrected chi connectivity index (χ3v) is 3.69. The topological polar surface area (TPSA) is 55.1 Å². The summed E-state index contributed by atoms with van der Waals surface area (Å²) in [5, 5.41) is 5.04. The van der Waals surface area contributed by atoms with E-state index in [0.717, 1.165) is 5.56 Å². The van der Waals surface area contributed by atoms with Crippen molar-refractivity contribution in [3.05, 3.63) is 45.1 Å². The van der Waals surface area contributed by atoms with Crippen molar-refractivity contribution in [1.29, 1.82) is 0 Å². The Kier molecular flexibility index (Phi) is 3.36. The van der Waals surface area contributed by atoms with Gasteiger partial charge in [0.1, 0.15) is 4.88 Å². The number of anilines is 2. The molecule has 5 heteroatoms. The zero-order valence-corrected chi connectivity index (χ0v) is 10.7. The average molecular weight is 267 g/mol. The molecule has 1 amide bonds. The zero-order chi connectivity index (χ0) is 12.4. The van der Waals surface area contributed by atoms with Gasteiger partial charge in [0.15, 0.2) is 0 Å². The average Bonchev–Trinajstić information content (AvgIpc) is 2.70. The van der Waals surface area contributed by atoms with Gasteiger partial charge in [-0.15, -0.1) is 11.3 Å². The summed E-state index contributed by atoms with van der Waals surface area (Å²) in [7, 11) is 0. The molecule has 0 aliphatic carbocycles. The van der Waals surface area contributed by atoms with Gasteiger partial charge >= 0.3 is 0 Å². The number of nitrogens with one attached hydrogen (secondary N) is 1. The number of halogens is 1. The van der Waals surface area contributed by atoms with Gasteiger partial charge in [0.2, 0.25) is 0 Å². The molecule has 3 N–H and O–H groups in total. The van der Waals surface area contributed by atoms with Crippen LogP contribution in [0.5, 0.6) is 0 Å². The van der Waals surface area contributed by atoms with Gasteiger partial charge in [-0.1, -0.05) is 11.6 Å². The molecule has 0 radical (unpaired) electrons. The standard InChI is InChI=1S/C12H11ClN2OS/c1-7-6-8(2-3-10(7)14)15-12(16)11-9(13)4-5-17-11/h2-6H,14H2,1H3,(H,15,16). The molecule has 2 aromatic rings. The Morgan fingerprint density at radius 2 is 2.18 bits per heavy atom. The van der Waals surface area contributed by atoms with E-state index in [-0.39, 0.29) is 5.91 Å². The first-order chi connectivity index (χ1) is 8.08. The molecule has 0 fully saturated rings. The number of nitrogens with two attached hydrogens (primary N) is 1. The molecule has 0 atom stereocenters. The first-order valence-corrected chi connectivity index (χ1v) is 6.24. The third-order valence-electron chi connectivity index (χ3n) is 2.35. The van der Waals surface area contributed by atoms with Crippen molar-refractivity contribution in [3.63, 3.8) is 0 Å². The fourth-order valence-electron chi connectivity index (χ4n) is 1.40. The second kappa shape index (κ2) is 4.77. The molecule has 0 bridgehead atoms. The van der Waals surface area contributed by atoms with Crippen molar-refractivity contribution >= 4 is 40.2 Å². The Morgan fingerprint density at radius 1 is 1.41 bits per heavy atom. The van der Waals surface area contributed by atoms with Crippen LogP contribution in [-0.4, -0.2) is 5.91 Å². The van der Waals surface area contributed by atoms with Gasteiger partial charge in [-0.25, -0.2) is 0 Å². The molecule has 3 nitrogen and oxygen atoms in total. The quantitative estimate of drug-likeness (QED) is 0.817. The minimum absolute atomic E-state index is 0.200. The fourth-order valence-corrected chi connectivity index (χ4v) is 2.43. The lowest BCUT2D eigenvalue weighted by molar-refractivity contribution is 0.103. The van der Waals surface area contributed by atoms with Gasteiger partial charge in [0.25, 0.3) is 5.91 Å². The summed E-state index contributed by atoms with van der Waals surface area (Å²) >= 11 is 7.20. The number of hydrogen-bond donors (Lipinski definition) is 2. The van der Waals surface area contributed by atoms with E-state index in [1.165, 1.54) is 11.3 Å². The highest BCUT2D eigenvalue weighted by atomic mass is 35.5. The Bertz CT molecular complexity index is 565. The number of thiophene rings is 1. The molecule has 17 heavy (non-hydrogen) atoms. The highest BCUT2D eigenvalue weighted by Gasteiger charge is 2.12. The molecule has 1 heterocycles. The molecule has 0 unspecified atom stereocenters. The SMILES string of the molecule is Cc1cc(NC(=O)c2sccc2Cl)ccc1N. The van der Waals surface area contributed by atoms with Crippen molar-refractivity contribution in [2.24, 2.45) is 0 Å². The van der Waals surface area contributed by atoms with Gasteiger partial charge < -0.3 is 11.1 Å². The van der Waals surface area contributed by atoms with Gasteiger partial charge in [0.05, 0.1) is 5.02 Å². The molecule has 0 saturated carbocycles. The Labute approximate surface area is 108 Å². The Balaban J connectivity index is 2.19. The predicted octanol–water partition coefficient (Wildman–Crippen LogP) is 3.54. The van der Waals surface area contributed by atoms with E-state index in [1.807, 2.05) is 13.0 Å². The fraction of sp³-hybridized carbons (Fsp3) is 0.0833. The summed E-state index contributed by atoms with van der Waals surface area (Å²) in [5.41, 5.74) is 8.06. The summed E-state index contributed by atoms with van der Waals surface area (Å²) in [4.78, 5) is 12.4. The maximum atomic E-state index is 11.9. The second-order valence-electron chi connectivity index (χ2n) is 3.62. The summed E-state index contributed by atoms with van der Waals surface area (Å²) in [6, 6.07) is 7.06. The maximum Gasteiger partial charge on any atom is 0.267 e. The van der Waals surface area contributed by atoms with Crippen LogP contribution < -0.4 is 11.1 Å². The lowest BCUT2D eigenvalue weighted by atomic mass is 10.2. The van der Waals surface area contributed by atoms with Gasteiger partial charge in [0, 0.05) is 11.4 Å². The van der Waals surface area contributed by atoms with Gasteiger partial charge in [-0.05, 0) is 42.1 Å². The lowest BCUT2D eigenvalue weighted by Crippen LogP contribution is -2.10. The number of hydrogen-bond acceptors (Lipinski definition) is 3. The van der Waals surface area contributed by atoms with Crippen molar-refractivity contribution in [2.45, 2.75) is 6.92 Å². The van der Waals surface area contributed by atoms with Crippen molar-refractivity contribution in [1.82, 2.24) is 0 Å². The number of rotatable bonds is 2. The predicted molar refractivity (Wildman–Crippen MR) is 72.9 cm³/mol. The van der Waals surface area contributed by atoms with Crippen molar-refractivity contribution in [2.75, 3.05) is 11.1 Å². The second-order valence-corrected chi connectivity index (χ2v) is 4.95. The van der Waals surface area contributed by atoms with Crippen LogP contribution in [-0.2, 0) is 0 Å². The summed E-state index contributed by atoms with van der Waals surface area (Å²) in [5.74, 6) is -0.200. The monoisotopic (exact) mass is 266 g/mol. The molecule has 1 aromatic carbocycles. The van der Waals surface area contributed by atoms with Crippen LogP contribution in [0.2, 0.25) is 5.02 Å². The molecule has 0 aliphatic heterocycles. The Morgan fingerprint density at radius 3 is 2.76 bits per heavy atom. The van der Waals surface area contributed by atoms with Crippen LogP contribution in [0.1, 0.15) is 15.2 Å². The number of carbonyl (C=O) groups excluding carboxylic acids is 1. The van der Waals surface area contributed by atoms with E-state index < -0.39 is 0 Å². The molecule has 1 aromatic heterocycles. The minimum Gasteiger partial charge on any atom is -0.399 e. The largest absolute Gasteiger partial charge is 0.399 e. The van der Waals surface area contributed by atoms with E-state index in [1.54, 1.807) is 23.6 Å². The molecule has 2 rings (SSSR count). The zero-order valence-electron chi connectivity index (χ0n) is 9.16. The van der Waals surface area contributed by atoms with E-state index >= 15 is 0 Å². The molecule has 0 saturated heterocycles. The van der Waals surface area contributed by atoms with Crippen LogP contribution in [0, 0.1) is 6.92 Å². The van der Waals surface area contributed by atoms with E-state index in [0.29, 0.717) is 21.3 Å². The number of amides is 1. The summed E-state index contributed by atoms with van der Waals surface area (Å²) in [6.45, 7) is 1.89. The van der Waals surface area contributed by atoms with Crippen LogP contribution in [0.3, 0.4) is 0 Å². The van der Waals surface area contributed by atoms with Crippen LogP contribution in [0.25, 0.3) is 0 Å². The molecular formula is C12H11ClN2OS. The number of aryl methyl sites for hydroxylation is 1. The van der Waals surface area contributed by atoms with Crippen molar-refractivity contribution in [3.8, 4) is 0 Å². The maximum absolute atomic E-state index is 11.9. The molecule has 88 valence electrons. The van der Waals surface area contributed by atoms with Gasteiger partial charge in [-0.3, -0.25) is 4.79 Å². The van der Waals surface area contributed by atoms with Crippen LogP contribution in [0.4, 0.5) is 11.4 Å². The van der Waals surface area contributed by atoms with Gasteiger partial charge in [-0.2, -0.15) is 0 Å². The first kappa shape index (κ1) is 12.0. The summed E-state index contributed by atoms with van der Waals surface area (Å²) in [6.07, 6.45) is 0. The number of carbonyl (C=O) groups is 1. The smallest absolute Gasteiger partial charge is 0.267 e. The Hall–Kier alpha value is -1.52. The number of benzene rings is 1. The summed E-state index contributed by atoms with van der Waals surface area (Å²) < 4.78 is 0. The molecule has 0 spiro atoms. The van der Waals surface area contributed by atoms with E-state index in [9.17, 15) is 4.79 Å². The first-order valence-electron chi connectivity index (χ1n) is 4.98. The van der Waals surface area contributed by atoms with Crippen molar-refractivity contribution < 1.29 is 4.79 Å². The molecular weight excluding hydrogens is 256 g/mol. The highest BCUT2D eigenvalue weighted by molar-refractivity contribution is 7.12. The molecule has 0 aliphatic rings.